The minimum absolute atomic E-state index is 0.0259. The van der Waals surface area contributed by atoms with Gasteiger partial charge >= 0.3 is 0 Å². The van der Waals surface area contributed by atoms with Gasteiger partial charge in [-0.2, -0.15) is 0 Å². The normalized spacial score (nSPS) is 28.5. The van der Waals surface area contributed by atoms with Crippen molar-refractivity contribution in [3.8, 4) is 11.3 Å². The Morgan fingerprint density at radius 3 is 2.15 bits per heavy atom. The summed E-state index contributed by atoms with van der Waals surface area (Å²) in [4.78, 5) is 89.9. The van der Waals surface area contributed by atoms with E-state index in [1.54, 1.807) is 0 Å². The molecule has 2 bridgehead atoms. The van der Waals surface area contributed by atoms with Gasteiger partial charge in [0, 0.05) is 97.6 Å². The average Bonchev–Trinajstić information content (AvgIpc) is 3.98. The second-order valence-corrected chi connectivity index (χ2v) is 23.7. The highest BCUT2D eigenvalue weighted by Gasteiger charge is 2.57. The summed E-state index contributed by atoms with van der Waals surface area (Å²) < 4.78 is 2.20. The number of nitrogens with zero attached hydrogens (tertiary/aromatic N) is 8. The van der Waals surface area contributed by atoms with Crippen LogP contribution in [0.1, 0.15) is 146 Å². The molecule has 9 aliphatic rings. The van der Waals surface area contributed by atoms with Gasteiger partial charge in [0.15, 0.2) is 5.82 Å². The molecule has 1 spiro atoms. The van der Waals surface area contributed by atoms with E-state index in [1.165, 1.54) is 19.3 Å². The van der Waals surface area contributed by atoms with Gasteiger partial charge in [-0.3, -0.25) is 29.3 Å². The van der Waals surface area contributed by atoms with Crippen molar-refractivity contribution in [1.29, 1.82) is 0 Å². The lowest BCUT2D eigenvalue weighted by Gasteiger charge is -2.48. The third-order valence-corrected chi connectivity index (χ3v) is 19.1. The van der Waals surface area contributed by atoms with Gasteiger partial charge in [0.05, 0.1) is 28.9 Å². The Bertz CT molecular complexity index is 2820. The highest BCUT2D eigenvalue weighted by atomic mass is 16.2. The van der Waals surface area contributed by atoms with Gasteiger partial charge in [-0.15, -0.1) is 0 Å². The Hall–Kier alpha value is -5.83. The maximum Gasteiger partial charge on any atom is 0.238 e. The number of carbonyl (C=O) groups is 5. The number of rotatable bonds is 10. The number of hydrogen-bond acceptors (Lipinski definition) is 10. The Balaban J connectivity index is 0.678. The molecule has 2 aromatic carbocycles. The number of carbonyl (C=O) groups excluding carboxylic acids is 5. The lowest BCUT2D eigenvalue weighted by atomic mass is 9.73. The Kier molecular flexibility index (Phi) is 11.9. The zero-order valence-corrected chi connectivity index (χ0v) is 42.8. The number of imidazole rings is 1. The van der Waals surface area contributed by atoms with Crippen LogP contribution in [0.2, 0.25) is 0 Å². The SMILES string of the molecule is CC(C)n1cnc2cc(-c3ccc4c(c3)N([C@H]3C[C@@H](N5CCCCC5)C3)C(=O)C43CCN(C(=O)[C@H]4C[C@H]5CC[C@@H](C4)N5C(=O)C4CCN(c5ccc(C6CCC(=O)NC6=O)cc5)CC4)CC3)nc(NC3CC3)c21. The van der Waals surface area contributed by atoms with E-state index in [1.807, 2.05) is 18.5 Å². The zero-order valence-electron chi connectivity index (χ0n) is 42.8. The quantitative estimate of drug-likeness (QED) is 0.151. The molecule has 5 amide bonds. The molecular weight excluding hydrogens is 917 g/mol. The fraction of sp³-hybridized carbons (Fsp3) is 0.603. The minimum atomic E-state index is -0.670. The smallest absolute Gasteiger partial charge is 0.238 e. The highest BCUT2D eigenvalue weighted by Crippen LogP contribution is 2.53. The molecule has 13 rings (SSSR count). The maximum atomic E-state index is 15.3. The van der Waals surface area contributed by atoms with Crippen molar-refractivity contribution < 1.29 is 24.0 Å². The van der Waals surface area contributed by atoms with Crippen LogP contribution >= 0.6 is 0 Å². The minimum Gasteiger partial charge on any atom is -0.371 e. The monoisotopic (exact) mass is 989 g/mol. The van der Waals surface area contributed by atoms with Gasteiger partial charge in [0.1, 0.15) is 5.52 Å². The van der Waals surface area contributed by atoms with Crippen LogP contribution < -0.4 is 20.4 Å². The van der Waals surface area contributed by atoms with Crippen LogP contribution in [0.4, 0.5) is 17.2 Å². The second kappa shape index (κ2) is 18.5. The highest BCUT2D eigenvalue weighted by molar-refractivity contribution is 6.09. The van der Waals surface area contributed by atoms with Crippen LogP contribution in [-0.2, 0) is 29.4 Å². The molecule has 0 radical (unpaired) electrons. The number of pyridine rings is 1. The molecule has 73 heavy (non-hydrogen) atoms. The molecule has 4 aromatic rings. The van der Waals surface area contributed by atoms with Crippen LogP contribution in [-0.4, -0.2) is 128 Å². The largest absolute Gasteiger partial charge is 0.371 e. The van der Waals surface area contributed by atoms with Crippen molar-refractivity contribution in [2.24, 2.45) is 11.8 Å². The fourth-order valence-electron chi connectivity index (χ4n) is 14.7. The molecule has 15 heteroatoms. The number of aromatic nitrogens is 3. The number of nitrogens with one attached hydrogen (secondary N) is 2. The predicted octanol–water partition coefficient (Wildman–Crippen LogP) is 7.68. The van der Waals surface area contributed by atoms with Crippen LogP contribution in [0.3, 0.4) is 0 Å². The molecule has 15 nitrogen and oxygen atoms in total. The van der Waals surface area contributed by atoms with Gasteiger partial charge in [-0.05, 0) is 159 Å². The summed E-state index contributed by atoms with van der Waals surface area (Å²) in [6.07, 6.45) is 17.1. The molecule has 2 N–H and O–H groups in total. The van der Waals surface area contributed by atoms with Crippen molar-refractivity contribution in [3.63, 3.8) is 0 Å². The molecule has 8 fully saturated rings. The second-order valence-electron chi connectivity index (χ2n) is 23.7. The van der Waals surface area contributed by atoms with Crippen molar-refractivity contribution in [2.45, 2.75) is 171 Å². The zero-order chi connectivity index (χ0) is 49.7. The third kappa shape index (κ3) is 8.30. The van der Waals surface area contributed by atoms with Crippen LogP contribution in [0.15, 0.2) is 54.9 Å². The summed E-state index contributed by atoms with van der Waals surface area (Å²) in [6.45, 7) is 9.36. The standard InChI is InChI=1S/C58H72N10O5/c1-35(2)66-34-59-49-33-48(61-53(52(49)66)60-40-9-10-40)38-8-16-47-50(30-38)68(45-31-44(32-45)63-22-4-3-5-23-63)57(73)58(47)20-26-65(27-21-58)55(71)39-28-42-13-14-43(29-39)67(42)56(72)37-18-24-64(25-19-37)41-11-6-36(7-12-41)46-15-17-51(69)62-54(46)70/h6-8,11-12,16,30,33-35,37,39-40,42-46H,3-5,9-10,13-15,17-29,31-32H2,1-2H3,(H,60,61)(H,62,69,70)/t39-,42+,43-,44-,45+,46?. The third-order valence-electron chi connectivity index (χ3n) is 19.1. The lowest BCUT2D eigenvalue weighted by Crippen LogP contribution is -2.59. The van der Waals surface area contributed by atoms with Gasteiger partial charge in [0.2, 0.25) is 29.5 Å². The van der Waals surface area contributed by atoms with E-state index in [4.69, 9.17) is 9.97 Å². The molecule has 6 saturated heterocycles. The number of imide groups is 1. The first-order valence-corrected chi connectivity index (χ1v) is 28.2. The number of fused-ring (bicyclic) bond motifs is 5. The number of anilines is 3. The molecular formula is C58H72N10O5. The first-order valence-electron chi connectivity index (χ1n) is 28.2. The van der Waals surface area contributed by atoms with E-state index in [2.05, 4.69) is 89.9 Å². The van der Waals surface area contributed by atoms with Crippen molar-refractivity contribution in [3.05, 3.63) is 66.0 Å². The predicted molar refractivity (Wildman–Crippen MR) is 280 cm³/mol. The molecule has 2 aliphatic carbocycles. The Morgan fingerprint density at radius 1 is 0.740 bits per heavy atom. The van der Waals surface area contributed by atoms with Crippen molar-refractivity contribution in [1.82, 2.24) is 34.6 Å². The molecule has 2 aromatic heterocycles. The van der Waals surface area contributed by atoms with Gasteiger partial charge < -0.3 is 34.4 Å². The molecule has 4 atom stereocenters. The average molecular weight is 989 g/mol. The molecule has 1 unspecified atom stereocenters. The summed E-state index contributed by atoms with van der Waals surface area (Å²) in [5.41, 5.74) is 7.29. The van der Waals surface area contributed by atoms with E-state index in [-0.39, 0.29) is 71.5 Å². The molecule has 7 aliphatic heterocycles. The number of hydrogen-bond donors (Lipinski definition) is 2. The first kappa shape index (κ1) is 46.9. The van der Waals surface area contributed by atoms with E-state index >= 15 is 4.79 Å². The Labute approximate surface area is 428 Å². The fourth-order valence-corrected chi connectivity index (χ4v) is 14.7. The lowest BCUT2D eigenvalue weighted by molar-refractivity contribution is -0.148. The van der Waals surface area contributed by atoms with Crippen LogP contribution in [0.5, 0.6) is 0 Å². The van der Waals surface area contributed by atoms with E-state index < -0.39 is 5.41 Å². The van der Waals surface area contributed by atoms with Crippen molar-refractivity contribution >= 4 is 57.8 Å². The van der Waals surface area contributed by atoms with E-state index in [0.29, 0.717) is 63.7 Å². The van der Waals surface area contributed by atoms with Crippen LogP contribution in [0.25, 0.3) is 22.3 Å². The number of likely N-dealkylation sites (tertiary alicyclic amines) is 2. The summed E-state index contributed by atoms with van der Waals surface area (Å²) in [5.74, 6) is 0.693. The maximum absolute atomic E-state index is 15.3. The summed E-state index contributed by atoms with van der Waals surface area (Å²) in [5, 5.41) is 6.18. The first-order chi connectivity index (χ1) is 35.5. The summed E-state index contributed by atoms with van der Waals surface area (Å²) in [7, 11) is 0. The summed E-state index contributed by atoms with van der Waals surface area (Å²) in [6, 6.07) is 18.4. The topological polar surface area (TPSA) is 156 Å². The molecule has 384 valence electrons. The van der Waals surface area contributed by atoms with Gasteiger partial charge in [-0.25, -0.2) is 9.97 Å². The number of benzene rings is 2. The van der Waals surface area contributed by atoms with E-state index in [0.717, 1.165) is 128 Å². The van der Waals surface area contributed by atoms with Crippen molar-refractivity contribution in [2.75, 3.05) is 54.4 Å². The van der Waals surface area contributed by atoms with Crippen LogP contribution in [0, 0.1) is 11.8 Å². The number of amides is 5. The van der Waals surface area contributed by atoms with Gasteiger partial charge in [0.25, 0.3) is 0 Å². The Morgan fingerprint density at radius 2 is 1.47 bits per heavy atom. The molecule has 2 saturated carbocycles. The number of piperidine rings is 5. The summed E-state index contributed by atoms with van der Waals surface area (Å²) >= 11 is 0. The van der Waals surface area contributed by atoms with Gasteiger partial charge in [-0.1, -0.05) is 30.7 Å². The molecule has 9 heterocycles. The van der Waals surface area contributed by atoms with E-state index in [9.17, 15) is 19.2 Å².